The minimum atomic E-state index is -0.574. The highest BCUT2D eigenvalue weighted by Gasteiger charge is 2.23. The third-order valence-electron chi connectivity index (χ3n) is 2.57. The van der Waals surface area contributed by atoms with E-state index in [2.05, 4.69) is 0 Å². The molecule has 2 aromatic rings. The highest BCUT2D eigenvalue weighted by atomic mass is 16.6. The maximum Gasteiger partial charge on any atom is 0.284 e. The van der Waals surface area contributed by atoms with Crippen LogP contribution in [0.2, 0.25) is 0 Å². The van der Waals surface area contributed by atoms with Crippen LogP contribution in [0, 0.1) is 0 Å². The minimum absolute atomic E-state index is 0.155. The molecule has 1 aromatic heterocycles. The zero-order chi connectivity index (χ0) is 11.8. The van der Waals surface area contributed by atoms with Crippen molar-refractivity contribution in [3.05, 3.63) is 30.0 Å². The van der Waals surface area contributed by atoms with Crippen molar-refractivity contribution >= 4 is 16.9 Å². The van der Waals surface area contributed by atoms with Crippen molar-refractivity contribution in [1.82, 2.24) is 0 Å². The maximum absolute atomic E-state index is 11.0. The number of rotatable bonds is 4. The van der Waals surface area contributed by atoms with Crippen molar-refractivity contribution in [2.45, 2.75) is 6.10 Å². The largest absolute Gasteiger partial charge is 0.491 e. The number of carbonyl (C=O) groups excluding carboxylic acids is 1. The van der Waals surface area contributed by atoms with Crippen LogP contribution in [0.5, 0.6) is 5.75 Å². The summed E-state index contributed by atoms with van der Waals surface area (Å²) in [5, 5.41) is 0.828. The van der Waals surface area contributed by atoms with Crippen LogP contribution in [-0.4, -0.2) is 25.2 Å². The van der Waals surface area contributed by atoms with Crippen LogP contribution in [-0.2, 0) is 4.74 Å². The lowest BCUT2D eigenvalue weighted by Gasteiger charge is -2.02. The Balaban J connectivity index is 1.86. The van der Waals surface area contributed by atoms with E-state index in [1.54, 1.807) is 12.1 Å². The van der Waals surface area contributed by atoms with Crippen LogP contribution in [0.3, 0.4) is 0 Å². The average molecular weight is 233 g/mol. The lowest BCUT2D eigenvalue weighted by atomic mass is 10.2. The first kappa shape index (κ1) is 10.2. The molecule has 0 radical (unpaired) electrons. The van der Waals surface area contributed by atoms with E-state index in [0.717, 1.165) is 12.0 Å². The van der Waals surface area contributed by atoms with Gasteiger partial charge in [0.15, 0.2) is 5.76 Å². The molecule has 5 nitrogen and oxygen atoms in total. The van der Waals surface area contributed by atoms with E-state index in [0.29, 0.717) is 17.9 Å². The van der Waals surface area contributed by atoms with E-state index in [-0.39, 0.29) is 11.9 Å². The molecule has 5 heteroatoms. The molecule has 1 saturated heterocycles. The Morgan fingerprint density at radius 3 is 3.00 bits per heavy atom. The first-order valence-corrected chi connectivity index (χ1v) is 5.30. The SMILES string of the molecule is NC(=O)c1cc2ccc(OCC3CO3)cc2o1. The summed E-state index contributed by atoms with van der Waals surface area (Å²) in [5.74, 6) is 0.274. The minimum Gasteiger partial charge on any atom is -0.491 e. The van der Waals surface area contributed by atoms with E-state index in [4.69, 9.17) is 19.6 Å². The zero-order valence-corrected chi connectivity index (χ0v) is 9.01. The lowest BCUT2D eigenvalue weighted by Crippen LogP contribution is -2.08. The van der Waals surface area contributed by atoms with Gasteiger partial charge in [-0.3, -0.25) is 4.79 Å². The fraction of sp³-hybridized carbons (Fsp3) is 0.250. The third-order valence-corrected chi connectivity index (χ3v) is 2.57. The van der Waals surface area contributed by atoms with Crippen molar-refractivity contribution in [2.24, 2.45) is 5.73 Å². The number of hydrogen-bond donors (Lipinski definition) is 1. The van der Waals surface area contributed by atoms with Crippen molar-refractivity contribution in [3.8, 4) is 5.75 Å². The summed E-state index contributed by atoms with van der Waals surface area (Å²) >= 11 is 0. The van der Waals surface area contributed by atoms with Gasteiger partial charge < -0.3 is 19.6 Å². The molecule has 1 atom stereocenters. The number of primary amides is 1. The fourth-order valence-electron chi connectivity index (χ4n) is 1.58. The molecule has 1 aliphatic rings. The van der Waals surface area contributed by atoms with Crippen molar-refractivity contribution < 1.29 is 18.7 Å². The van der Waals surface area contributed by atoms with Crippen LogP contribution < -0.4 is 10.5 Å². The number of hydrogen-bond acceptors (Lipinski definition) is 4. The summed E-state index contributed by atoms with van der Waals surface area (Å²) in [6, 6.07) is 7.01. The van der Waals surface area contributed by atoms with Crippen LogP contribution >= 0.6 is 0 Å². The first-order chi connectivity index (χ1) is 8.22. The standard InChI is InChI=1S/C12H11NO4/c13-12(14)11-3-7-1-2-8(4-10(7)17-11)15-5-9-6-16-9/h1-4,9H,5-6H2,(H2,13,14). The molecule has 1 amide bonds. The van der Waals surface area contributed by atoms with Crippen LogP contribution in [0.25, 0.3) is 11.0 Å². The van der Waals surface area contributed by atoms with Gasteiger partial charge in [0, 0.05) is 11.5 Å². The second-order valence-electron chi connectivity index (χ2n) is 3.94. The van der Waals surface area contributed by atoms with Crippen LogP contribution in [0.4, 0.5) is 0 Å². The van der Waals surface area contributed by atoms with Crippen molar-refractivity contribution in [2.75, 3.05) is 13.2 Å². The molecule has 0 bridgehead atoms. The number of ether oxygens (including phenoxy) is 2. The van der Waals surface area contributed by atoms with Gasteiger partial charge >= 0.3 is 0 Å². The average Bonchev–Trinajstić information content (AvgIpc) is 3.03. The van der Waals surface area contributed by atoms with E-state index in [1.165, 1.54) is 0 Å². The molecular formula is C12H11NO4. The molecule has 88 valence electrons. The Bertz CT molecular complexity index is 571. The van der Waals surface area contributed by atoms with Gasteiger partial charge in [-0.2, -0.15) is 0 Å². The van der Waals surface area contributed by atoms with E-state index >= 15 is 0 Å². The number of nitrogens with two attached hydrogens (primary N) is 1. The first-order valence-electron chi connectivity index (χ1n) is 5.30. The van der Waals surface area contributed by atoms with E-state index < -0.39 is 5.91 Å². The predicted octanol–water partition coefficient (Wildman–Crippen LogP) is 1.31. The molecule has 0 aliphatic carbocycles. The van der Waals surface area contributed by atoms with Gasteiger partial charge in [0.1, 0.15) is 24.0 Å². The summed E-state index contributed by atoms with van der Waals surface area (Å²) in [4.78, 5) is 11.0. The van der Waals surface area contributed by atoms with Gasteiger partial charge in [0.2, 0.25) is 0 Å². The quantitative estimate of drug-likeness (QED) is 0.807. The molecular weight excluding hydrogens is 222 g/mol. The van der Waals surface area contributed by atoms with Gasteiger partial charge in [-0.25, -0.2) is 0 Å². The molecule has 3 rings (SSSR count). The Morgan fingerprint density at radius 2 is 2.29 bits per heavy atom. The number of furan rings is 1. The van der Waals surface area contributed by atoms with Crippen LogP contribution in [0.1, 0.15) is 10.6 Å². The number of fused-ring (bicyclic) bond motifs is 1. The lowest BCUT2D eigenvalue weighted by molar-refractivity contribution is 0.0976. The predicted molar refractivity (Wildman–Crippen MR) is 60.0 cm³/mol. The molecule has 1 aliphatic heterocycles. The Kier molecular flexibility index (Phi) is 2.26. The number of benzene rings is 1. The van der Waals surface area contributed by atoms with Crippen LogP contribution in [0.15, 0.2) is 28.7 Å². The summed E-state index contributed by atoms with van der Waals surface area (Å²) in [6.07, 6.45) is 0.212. The summed E-state index contributed by atoms with van der Waals surface area (Å²) in [5.41, 5.74) is 5.73. The molecule has 0 saturated carbocycles. The molecule has 2 N–H and O–H groups in total. The van der Waals surface area contributed by atoms with Gasteiger partial charge in [-0.15, -0.1) is 0 Å². The fourth-order valence-corrected chi connectivity index (χ4v) is 1.58. The second-order valence-corrected chi connectivity index (χ2v) is 3.94. The second kappa shape index (κ2) is 3.78. The van der Waals surface area contributed by atoms with Gasteiger partial charge in [0.05, 0.1) is 6.61 Å². The molecule has 0 spiro atoms. The van der Waals surface area contributed by atoms with E-state index in [9.17, 15) is 4.79 Å². The summed E-state index contributed by atoms with van der Waals surface area (Å²) in [6.45, 7) is 1.30. The maximum atomic E-state index is 11.0. The van der Waals surface area contributed by atoms with E-state index in [1.807, 2.05) is 12.1 Å². The Hall–Kier alpha value is -2.01. The highest BCUT2D eigenvalue weighted by molar-refractivity contribution is 5.95. The smallest absolute Gasteiger partial charge is 0.284 e. The number of epoxide rings is 1. The molecule has 2 heterocycles. The number of amides is 1. The third kappa shape index (κ3) is 2.09. The molecule has 1 aromatic carbocycles. The normalized spacial score (nSPS) is 18.2. The monoisotopic (exact) mass is 233 g/mol. The Labute approximate surface area is 97.1 Å². The highest BCUT2D eigenvalue weighted by Crippen LogP contribution is 2.24. The molecule has 1 unspecified atom stereocenters. The van der Waals surface area contributed by atoms with Gasteiger partial charge in [-0.1, -0.05) is 0 Å². The van der Waals surface area contributed by atoms with Crippen molar-refractivity contribution in [3.63, 3.8) is 0 Å². The van der Waals surface area contributed by atoms with Gasteiger partial charge in [0.25, 0.3) is 5.91 Å². The summed E-state index contributed by atoms with van der Waals surface area (Å²) in [7, 11) is 0. The Morgan fingerprint density at radius 1 is 1.47 bits per heavy atom. The van der Waals surface area contributed by atoms with Gasteiger partial charge in [-0.05, 0) is 18.2 Å². The molecule has 1 fully saturated rings. The zero-order valence-electron chi connectivity index (χ0n) is 9.01. The molecule has 17 heavy (non-hydrogen) atoms. The summed E-state index contributed by atoms with van der Waals surface area (Å²) < 4.78 is 15.9. The number of carbonyl (C=O) groups is 1. The topological polar surface area (TPSA) is 78.0 Å². The van der Waals surface area contributed by atoms with Crippen molar-refractivity contribution in [1.29, 1.82) is 0 Å².